The number of halogens is 2. The molecule has 0 atom stereocenters. The fourth-order valence-electron chi connectivity index (χ4n) is 3.92. The maximum absolute atomic E-state index is 14.6. The fraction of sp³-hybridized carbons (Fsp3) is 0.607. The molecular formula is C28H41F2NO. The summed E-state index contributed by atoms with van der Waals surface area (Å²) >= 11 is 0. The monoisotopic (exact) mass is 445 g/mol. The molecule has 0 spiro atoms. The van der Waals surface area contributed by atoms with Gasteiger partial charge in [0.15, 0.2) is 11.6 Å². The molecule has 2 rings (SSSR count). The smallest absolute Gasteiger partial charge is 0.201 e. The van der Waals surface area contributed by atoms with Crippen LogP contribution in [-0.2, 0) is 6.42 Å². The molecule has 0 radical (unpaired) electrons. The molecule has 1 heterocycles. The zero-order valence-electron chi connectivity index (χ0n) is 20.1. The van der Waals surface area contributed by atoms with Crippen LogP contribution in [-0.4, -0.2) is 11.6 Å². The van der Waals surface area contributed by atoms with Crippen LogP contribution in [0.3, 0.4) is 0 Å². The Bertz CT molecular complexity index is 761. The first-order valence-corrected chi connectivity index (χ1v) is 12.7. The Morgan fingerprint density at radius 3 is 1.94 bits per heavy atom. The molecular weight excluding hydrogens is 404 g/mol. The van der Waals surface area contributed by atoms with Gasteiger partial charge in [0.1, 0.15) is 0 Å². The summed E-state index contributed by atoms with van der Waals surface area (Å²) in [7, 11) is 0. The van der Waals surface area contributed by atoms with E-state index in [4.69, 9.17) is 4.74 Å². The van der Waals surface area contributed by atoms with E-state index in [1.807, 2.05) is 6.07 Å². The van der Waals surface area contributed by atoms with Gasteiger partial charge in [0.05, 0.1) is 12.3 Å². The Morgan fingerprint density at radius 2 is 1.31 bits per heavy atom. The van der Waals surface area contributed by atoms with Crippen LogP contribution in [0.2, 0.25) is 0 Å². The van der Waals surface area contributed by atoms with E-state index in [0.717, 1.165) is 37.7 Å². The van der Waals surface area contributed by atoms with Gasteiger partial charge in [0.25, 0.3) is 0 Å². The fourth-order valence-corrected chi connectivity index (χ4v) is 3.92. The second kappa shape index (κ2) is 15.8. The number of pyridine rings is 1. The summed E-state index contributed by atoms with van der Waals surface area (Å²) in [6.07, 6.45) is 18.4. The number of hydrogen-bond donors (Lipinski definition) is 0. The van der Waals surface area contributed by atoms with Gasteiger partial charge in [-0.25, -0.2) is 4.39 Å². The topological polar surface area (TPSA) is 22.1 Å². The number of nitrogens with zero attached hydrogens (tertiary/aromatic N) is 1. The number of benzene rings is 1. The second-order valence-electron chi connectivity index (χ2n) is 8.78. The molecule has 0 aliphatic carbocycles. The summed E-state index contributed by atoms with van der Waals surface area (Å²) in [4.78, 5) is 4.38. The summed E-state index contributed by atoms with van der Waals surface area (Å²) in [5.41, 5.74) is 1.77. The predicted octanol–water partition coefficient (Wildman–Crippen LogP) is 9.06. The van der Waals surface area contributed by atoms with Gasteiger partial charge in [0, 0.05) is 11.8 Å². The van der Waals surface area contributed by atoms with E-state index in [1.54, 1.807) is 18.3 Å². The van der Waals surface area contributed by atoms with Gasteiger partial charge in [-0.3, -0.25) is 4.98 Å². The maximum Gasteiger partial charge on any atom is 0.201 e. The molecule has 0 amide bonds. The van der Waals surface area contributed by atoms with Crippen LogP contribution in [0.25, 0.3) is 11.3 Å². The lowest BCUT2D eigenvalue weighted by atomic mass is 10.0. The summed E-state index contributed by atoms with van der Waals surface area (Å²) in [6, 6.07) is 6.83. The molecule has 0 saturated carbocycles. The molecule has 0 aliphatic rings. The first kappa shape index (κ1) is 26.3. The summed E-state index contributed by atoms with van der Waals surface area (Å²) in [5, 5.41) is 0. The summed E-state index contributed by atoms with van der Waals surface area (Å²) in [6.45, 7) is 4.83. The average Bonchev–Trinajstić information content (AvgIpc) is 2.81. The lowest BCUT2D eigenvalue weighted by Gasteiger charge is -2.10. The first-order valence-electron chi connectivity index (χ1n) is 12.7. The Morgan fingerprint density at radius 1 is 0.688 bits per heavy atom. The van der Waals surface area contributed by atoms with Crippen molar-refractivity contribution in [1.82, 2.24) is 4.98 Å². The number of ether oxygens (including phenoxy) is 1. The van der Waals surface area contributed by atoms with Crippen molar-refractivity contribution in [2.75, 3.05) is 6.61 Å². The summed E-state index contributed by atoms with van der Waals surface area (Å²) < 4.78 is 34.6. The van der Waals surface area contributed by atoms with Crippen LogP contribution in [0.5, 0.6) is 5.75 Å². The van der Waals surface area contributed by atoms with E-state index in [-0.39, 0.29) is 11.3 Å². The molecule has 1 aromatic heterocycles. The lowest BCUT2D eigenvalue weighted by molar-refractivity contribution is 0.285. The SMILES string of the molecule is CCCCCCCCCc1ccc(-c2ccc(OCCCCCCCC)c(F)c2F)nc1. The Hall–Kier alpha value is -1.97. The second-order valence-corrected chi connectivity index (χ2v) is 8.78. The van der Waals surface area contributed by atoms with Crippen LogP contribution < -0.4 is 4.74 Å². The van der Waals surface area contributed by atoms with Crippen molar-refractivity contribution in [3.8, 4) is 17.0 Å². The standard InChI is InChI=1S/C28H41F2NO/c1-3-5-7-9-11-12-14-16-23-17-19-25(31-22-23)24-18-20-26(28(30)27(24)29)32-21-15-13-10-8-6-4-2/h17-20,22H,3-16,21H2,1-2H3. The highest BCUT2D eigenvalue weighted by Crippen LogP contribution is 2.29. The van der Waals surface area contributed by atoms with Crippen LogP contribution >= 0.6 is 0 Å². The zero-order chi connectivity index (χ0) is 23.0. The number of aromatic nitrogens is 1. The molecule has 2 nitrogen and oxygen atoms in total. The van der Waals surface area contributed by atoms with Gasteiger partial charge in [-0.15, -0.1) is 0 Å². The van der Waals surface area contributed by atoms with Crippen molar-refractivity contribution < 1.29 is 13.5 Å². The largest absolute Gasteiger partial charge is 0.490 e. The third-order valence-corrected chi connectivity index (χ3v) is 5.97. The highest BCUT2D eigenvalue weighted by Gasteiger charge is 2.16. The van der Waals surface area contributed by atoms with Gasteiger partial charge in [0.2, 0.25) is 5.82 Å². The summed E-state index contributed by atoms with van der Waals surface area (Å²) in [5.74, 6) is -1.84. The van der Waals surface area contributed by atoms with Crippen LogP contribution in [0, 0.1) is 11.6 Å². The van der Waals surface area contributed by atoms with Gasteiger partial charge >= 0.3 is 0 Å². The number of aryl methyl sites for hydroxylation is 1. The quantitative estimate of drug-likeness (QED) is 0.227. The van der Waals surface area contributed by atoms with E-state index in [1.165, 1.54) is 63.9 Å². The number of rotatable bonds is 17. The molecule has 1 aromatic carbocycles. The van der Waals surface area contributed by atoms with Crippen molar-refractivity contribution in [2.24, 2.45) is 0 Å². The molecule has 0 saturated heterocycles. The molecule has 0 bridgehead atoms. The van der Waals surface area contributed by atoms with Gasteiger partial charge in [-0.2, -0.15) is 4.39 Å². The predicted molar refractivity (Wildman–Crippen MR) is 130 cm³/mol. The van der Waals surface area contributed by atoms with E-state index >= 15 is 0 Å². The maximum atomic E-state index is 14.6. The van der Waals surface area contributed by atoms with E-state index in [9.17, 15) is 8.78 Å². The van der Waals surface area contributed by atoms with E-state index in [2.05, 4.69) is 18.8 Å². The minimum Gasteiger partial charge on any atom is -0.490 e. The molecule has 0 aliphatic heterocycles. The molecule has 0 unspecified atom stereocenters. The van der Waals surface area contributed by atoms with E-state index in [0.29, 0.717) is 12.3 Å². The molecule has 178 valence electrons. The third kappa shape index (κ3) is 9.26. The molecule has 4 heteroatoms. The zero-order valence-corrected chi connectivity index (χ0v) is 20.1. The lowest BCUT2D eigenvalue weighted by Crippen LogP contribution is -2.02. The molecule has 0 fully saturated rings. The normalized spacial score (nSPS) is 11.1. The Balaban J connectivity index is 1.80. The molecule has 2 aromatic rings. The van der Waals surface area contributed by atoms with Crippen molar-refractivity contribution in [1.29, 1.82) is 0 Å². The van der Waals surface area contributed by atoms with Crippen molar-refractivity contribution in [2.45, 2.75) is 104 Å². The van der Waals surface area contributed by atoms with Crippen LogP contribution in [0.15, 0.2) is 30.5 Å². The van der Waals surface area contributed by atoms with Crippen molar-refractivity contribution in [3.05, 3.63) is 47.7 Å². The average molecular weight is 446 g/mol. The van der Waals surface area contributed by atoms with Gasteiger partial charge < -0.3 is 4.74 Å². The minimum atomic E-state index is -0.928. The Labute approximate surface area is 193 Å². The third-order valence-electron chi connectivity index (χ3n) is 5.97. The van der Waals surface area contributed by atoms with Crippen LogP contribution in [0.1, 0.15) is 103 Å². The Kier molecular flexibility index (Phi) is 13.0. The highest BCUT2D eigenvalue weighted by molar-refractivity contribution is 5.61. The minimum absolute atomic E-state index is 0.0182. The van der Waals surface area contributed by atoms with Crippen molar-refractivity contribution >= 4 is 0 Å². The van der Waals surface area contributed by atoms with Gasteiger partial charge in [-0.1, -0.05) is 90.5 Å². The van der Waals surface area contributed by atoms with E-state index < -0.39 is 11.6 Å². The van der Waals surface area contributed by atoms with Crippen LogP contribution in [0.4, 0.5) is 8.78 Å². The van der Waals surface area contributed by atoms with Gasteiger partial charge in [-0.05, 0) is 43.0 Å². The number of hydrogen-bond acceptors (Lipinski definition) is 2. The highest BCUT2D eigenvalue weighted by atomic mass is 19.2. The molecule has 0 N–H and O–H groups in total. The first-order chi connectivity index (χ1) is 15.7. The van der Waals surface area contributed by atoms with Crippen molar-refractivity contribution in [3.63, 3.8) is 0 Å². The molecule has 32 heavy (non-hydrogen) atoms. The number of unbranched alkanes of at least 4 members (excludes halogenated alkanes) is 11.